The number of hydrogen-bond acceptors (Lipinski definition) is 3. The maximum Gasteiger partial charge on any atom is 0.163 e. The third-order valence-corrected chi connectivity index (χ3v) is 2.06. The van der Waals surface area contributed by atoms with Crippen LogP contribution >= 0.6 is 0 Å². The average Bonchev–Trinajstić information content (AvgIpc) is 2.24. The normalized spacial score (nSPS) is 10.5. The number of rotatable bonds is 6. The second kappa shape index (κ2) is 6.28. The van der Waals surface area contributed by atoms with Crippen LogP contribution in [0.1, 0.15) is 31.1 Å². The van der Waals surface area contributed by atoms with Gasteiger partial charge in [-0.25, -0.2) is 0 Å². The summed E-state index contributed by atoms with van der Waals surface area (Å²) in [6, 6.07) is 7.24. The molecule has 16 heavy (non-hydrogen) atoms. The third-order valence-electron chi connectivity index (χ3n) is 2.06. The molecule has 0 aliphatic heterocycles. The molecule has 0 aliphatic carbocycles. The van der Waals surface area contributed by atoms with Crippen molar-refractivity contribution in [2.24, 2.45) is 0 Å². The van der Waals surface area contributed by atoms with Crippen molar-refractivity contribution >= 4 is 5.78 Å². The predicted octanol–water partition coefficient (Wildman–Crippen LogP) is 2.69. The average molecular weight is 222 g/mol. The SMILES string of the molecule is CC(=O)c1ccccc1OCCOC(C)C. The van der Waals surface area contributed by atoms with Crippen molar-refractivity contribution in [1.29, 1.82) is 0 Å². The quantitative estimate of drug-likeness (QED) is 0.548. The molecule has 0 N–H and O–H groups in total. The summed E-state index contributed by atoms with van der Waals surface area (Å²) < 4.78 is 10.9. The van der Waals surface area contributed by atoms with Crippen molar-refractivity contribution in [2.45, 2.75) is 26.9 Å². The maximum absolute atomic E-state index is 11.3. The first kappa shape index (κ1) is 12.7. The minimum absolute atomic E-state index is 0.0142. The van der Waals surface area contributed by atoms with E-state index in [1.165, 1.54) is 6.92 Å². The largest absolute Gasteiger partial charge is 0.490 e. The lowest BCUT2D eigenvalue weighted by molar-refractivity contribution is 0.0549. The molecule has 0 saturated heterocycles. The number of ether oxygens (including phenoxy) is 2. The van der Waals surface area contributed by atoms with Gasteiger partial charge in [0.25, 0.3) is 0 Å². The molecule has 0 saturated carbocycles. The lowest BCUT2D eigenvalue weighted by atomic mass is 10.1. The molecule has 0 unspecified atom stereocenters. The van der Waals surface area contributed by atoms with E-state index in [4.69, 9.17) is 9.47 Å². The molecule has 0 aliphatic rings. The number of carbonyl (C=O) groups is 1. The van der Waals surface area contributed by atoms with E-state index in [2.05, 4.69) is 0 Å². The summed E-state index contributed by atoms with van der Waals surface area (Å²) in [4.78, 5) is 11.3. The van der Waals surface area contributed by atoms with Crippen LogP contribution < -0.4 is 4.74 Å². The first-order valence-corrected chi connectivity index (χ1v) is 5.45. The van der Waals surface area contributed by atoms with Crippen LogP contribution in [0.2, 0.25) is 0 Å². The first-order chi connectivity index (χ1) is 7.61. The van der Waals surface area contributed by atoms with Crippen molar-refractivity contribution < 1.29 is 14.3 Å². The molecule has 0 spiro atoms. The molecule has 0 atom stereocenters. The Morgan fingerprint density at radius 3 is 2.56 bits per heavy atom. The van der Waals surface area contributed by atoms with E-state index in [-0.39, 0.29) is 11.9 Å². The number of hydrogen-bond donors (Lipinski definition) is 0. The third kappa shape index (κ3) is 4.03. The number of para-hydroxylation sites is 1. The Bertz CT molecular complexity index is 345. The molecule has 1 rings (SSSR count). The molecule has 0 radical (unpaired) electrons. The molecule has 0 heterocycles. The van der Waals surface area contributed by atoms with Gasteiger partial charge in [-0.15, -0.1) is 0 Å². The van der Waals surface area contributed by atoms with Gasteiger partial charge in [0.05, 0.1) is 18.3 Å². The van der Waals surface area contributed by atoms with E-state index < -0.39 is 0 Å². The van der Waals surface area contributed by atoms with Crippen LogP contribution in [0.3, 0.4) is 0 Å². The summed E-state index contributed by atoms with van der Waals surface area (Å²) in [6.07, 6.45) is 0.201. The molecular formula is C13H18O3. The molecule has 0 fully saturated rings. The fraction of sp³-hybridized carbons (Fsp3) is 0.462. The van der Waals surface area contributed by atoms with Gasteiger partial charge < -0.3 is 9.47 Å². The van der Waals surface area contributed by atoms with Gasteiger partial charge in [-0.3, -0.25) is 4.79 Å². The fourth-order valence-electron chi connectivity index (χ4n) is 1.32. The summed E-state index contributed by atoms with van der Waals surface area (Å²) in [5.74, 6) is 0.641. The fourth-order valence-corrected chi connectivity index (χ4v) is 1.32. The van der Waals surface area contributed by atoms with Crippen LogP contribution in [0, 0.1) is 0 Å². The topological polar surface area (TPSA) is 35.5 Å². The Balaban J connectivity index is 2.50. The predicted molar refractivity (Wildman–Crippen MR) is 63.0 cm³/mol. The second-order valence-electron chi connectivity index (χ2n) is 3.82. The van der Waals surface area contributed by atoms with Crippen molar-refractivity contribution in [1.82, 2.24) is 0 Å². The molecule has 3 nitrogen and oxygen atoms in total. The lowest BCUT2D eigenvalue weighted by Crippen LogP contribution is -2.12. The van der Waals surface area contributed by atoms with Gasteiger partial charge in [0.2, 0.25) is 0 Å². The van der Waals surface area contributed by atoms with Gasteiger partial charge in [0.1, 0.15) is 12.4 Å². The van der Waals surface area contributed by atoms with Gasteiger partial charge in [0, 0.05) is 0 Å². The number of benzene rings is 1. The molecule has 3 heteroatoms. The van der Waals surface area contributed by atoms with Gasteiger partial charge in [-0.05, 0) is 32.9 Å². The zero-order chi connectivity index (χ0) is 12.0. The van der Waals surface area contributed by atoms with E-state index in [9.17, 15) is 4.79 Å². The van der Waals surface area contributed by atoms with Crippen molar-refractivity contribution in [3.63, 3.8) is 0 Å². The zero-order valence-electron chi connectivity index (χ0n) is 10.0. The van der Waals surface area contributed by atoms with E-state index in [0.29, 0.717) is 24.5 Å². The molecule has 0 amide bonds. The zero-order valence-corrected chi connectivity index (χ0v) is 10.0. The maximum atomic E-state index is 11.3. The van der Waals surface area contributed by atoms with E-state index >= 15 is 0 Å². The number of ketones is 1. The Kier molecular flexibility index (Phi) is 4.99. The molecule has 88 valence electrons. The molecule has 0 bridgehead atoms. The highest BCUT2D eigenvalue weighted by Crippen LogP contribution is 2.18. The summed E-state index contributed by atoms with van der Waals surface area (Å²) >= 11 is 0. The van der Waals surface area contributed by atoms with Crippen molar-refractivity contribution in [3.05, 3.63) is 29.8 Å². The second-order valence-corrected chi connectivity index (χ2v) is 3.82. The highest BCUT2D eigenvalue weighted by molar-refractivity contribution is 5.96. The van der Waals surface area contributed by atoms with Gasteiger partial charge in [0.15, 0.2) is 5.78 Å². The molecule has 1 aromatic rings. The van der Waals surface area contributed by atoms with Crippen LogP contribution in [0.25, 0.3) is 0 Å². The summed E-state index contributed by atoms with van der Waals surface area (Å²) in [5.41, 5.74) is 0.618. The van der Waals surface area contributed by atoms with Crippen LogP contribution in [-0.2, 0) is 4.74 Å². The van der Waals surface area contributed by atoms with Gasteiger partial charge in [-0.1, -0.05) is 12.1 Å². The minimum atomic E-state index is 0.0142. The van der Waals surface area contributed by atoms with Crippen LogP contribution in [0.15, 0.2) is 24.3 Å². The van der Waals surface area contributed by atoms with E-state index in [1.807, 2.05) is 26.0 Å². The van der Waals surface area contributed by atoms with E-state index in [0.717, 1.165) is 0 Å². The summed E-state index contributed by atoms with van der Waals surface area (Å²) in [6.45, 7) is 6.48. The van der Waals surface area contributed by atoms with Gasteiger partial charge in [-0.2, -0.15) is 0 Å². The Morgan fingerprint density at radius 2 is 1.94 bits per heavy atom. The Hall–Kier alpha value is -1.35. The number of carbonyl (C=O) groups excluding carboxylic acids is 1. The summed E-state index contributed by atoms with van der Waals surface area (Å²) in [5, 5.41) is 0. The number of Topliss-reactive ketones (excluding diaryl/α,β-unsaturated/α-hetero) is 1. The molecule has 0 aromatic heterocycles. The lowest BCUT2D eigenvalue weighted by Gasteiger charge is -2.11. The summed E-state index contributed by atoms with van der Waals surface area (Å²) in [7, 11) is 0. The van der Waals surface area contributed by atoms with Crippen molar-refractivity contribution in [2.75, 3.05) is 13.2 Å². The Labute approximate surface area is 96.4 Å². The minimum Gasteiger partial charge on any atom is -0.490 e. The van der Waals surface area contributed by atoms with Crippen LogP contribution in [0.5, 0.6) is 5.75 Å². The molecular weight excluding hydrogens is 204 g/mol. The highest BCUT2D eigenvalue weighted by atomic mass is 16.5. The first-order valence-electron chi connectivity index (χ1n) is 5.45. The van der Waals surface area contributed by atoms with Crippen molar-refractivity contribution in [3.8, 4) is 5.75 Å². The van der Waals surface area contributed by atoms with E-state index in [1.54, 1.807) is 12.1 Å². The Morgan fingerprint density at radius 1 is 1.25 bits per heavy atom. The van der Waals surface area contributed by atoms with Gasteiger partial charge >= 0.3 is 0 Å². The smallest absolute Gasteiger partial charge is 0.163 e. The van der Waals surface area contributed by atoms with Crippen LogP contribution in [-0.4, -0.2) is 25.1 Å². The van der Waals surface area contributed by atoms with Crippen LogP contribution in [0.4, 0.5) is 0 Å². The standard InChI is InChI=1S/C13H18O3/c1-10(2)15-8-9-16-13-7-5-4-6-12(13)11(3)14/h4-7,10H,8-9H2,1-3H3. The highest BCUT2D eigenvalue weighted by Gasteiger charge is 2.06. The monoisotopic (exact) mass is 222 g/mol. The molecule has 1 aromatic carbocycles.